The summed E-state index contributed by atoms with van der Waals surface area (Å²) in [4.78, 5) is 11.5. The summed E-state index contributed by atoms with van der Waals surface area (Å²) in [5, 5.41) is 5.60. The van der Waals surface area contributed by atoms with Gasteiger partial charge in [-0.05, 0) is 47.9 Å². The summed E-state index contributed by atoms with van der Waals surface area (Å²) in [6, 6.07) is 18.9. The van der Waals surface area contributed by atoms with E-state index in [9.17, 15) is 0 Å². The van der Waals surface area contributed by atoms with Crippen LogP contribution in [0.25, 0.3) is 16.7 Å². The summed E-state index contributed by atoms with van der Waals surface area (Å²) in [6.07, 6.45) is 6.77. The van der Waals surface area contributed by atoms with Gasteiger partial charge in [-0.15, -0.1) is 0 Å². The molecule has 2 aromatic heterocycles. The number of anilines is 1. The van der Waals surface area contributed by atoms with Crippen molar-refractivity contribution in [3.05, 3.63) is 78.2 Å². The standard InChI is InChI=1S/C24H24N6.CH4/c25-21-19-9-5-4-6-17(19)14-24(21)10-12-29(13-11-24)22-20-15-28-30(23(20)27-16-26-22)18-7-2-1-3-8-18;/h1-9,15-16,21H,10-14,25H2;1H4/t21-;/m1./s1. The van der Waals surface area contributed by atoms with E-state index in [0.29, 0.717) is 0 Å². The molecule has 6 rings (SSSR count). The van der Waals surface area contributed by atoms with Crippen molar-refractivity contribution in [2.45, 2.75) is 32.7 Å². The molecular weight excluding hydrogens is 384 g/mol. The predicted molar refractivity (Wildman–Crippen MR) is 124 cm³/mol. The fourth-order valence-electron chi connectivity index (χ4n) is 5.31. The van der Waals surface area contributed by atoms with Crippen molar-refractivity contribution in [3.8, 4) is 5.69 Å². The molecule has 2 aromatic carbocycles. The van der Waals surface area contributed by atoms with Gasteiger partial charge >= 0.3 is 0 Å². The molecule has 0 radical (unpaired) electrons. The summed E-state index contributed by atoms with van der Waals surface area (Å²) < 4.78 is 1.88. The molecule has 3 heterocycles. The third kappa shape index (κ3) is 3.01. The molecule has 0 unspecified atom stereocenters. The van der Waals surface area contributed by atoms with Crippen LogP contribution in [0.4, 0.5) is 5.82 Å². The lowest BCUT2D eigenvalue weighted by Gasteiger charge is -2.42. The number of hydrogen-bond acceptors (Lipinski definition) is 5. The lowest BCUT2D eigenvalue weighted by Crippen LogP contribution is -2.44. The number of fused-ring (bicyclic) bond motifs is 2. The van der Waals surface area contributed by atoms with E-state index in [2.05, 4.69) is 44.2 Å². The Morgan fingerprint density at radius 3 is 2.45 bits per heavy atom. The first-order valence-corrected chi connectivity index (χ1v) is 10.6. The van der Waals surface area contributed by atoms with E-state index in [4.69, 9.17) is 5.73 Å². The highest BCUT2D eigenvalue weighted by molar-refractivity contribution is 5.87. The minimum absolute atomic E-state index is 0. The fraction of sp³-hybridized carbons (Fsp3) is 0.320. The first-order valence-electron chi connectivity index (χ1n) is 10.6. The zero-order valence-electron chi connectivity index (χ0n) is 16.8. The molecule has 6 heteroatoms. The molecule has 2 N–H and O–H groups in total. The summed E-state index contributed by atoms with van der Waals surface area (Å²) in [5.74, 6) is 0.973. The maximum atomic E-state index is 6.74. The van der Waals surface area contributed by atoms with Gasteiger partial charge in [0.25, 0.3) is 0 Å². The Morgan fingerprint density at radius 2 is 1.68 bits per heavy atom. The smallest absolute Gasteiger partial charge is 0.168 e. The molecule has 1 fully saturated rings. The first kappa shape index (κ1) is 19.7. The molecule has 1 spiro atoms. The number of benzene rings is 2. The second kappa shape index (κ2) is 7.46. The highest BCUT2D eigenvalue weighted by Crippen LogP contribution is 2.51. The minimum atomic E-state index is 0. The Morgan fingerprint density at radius 1 is 0.935 bits per heavy atom. The van der Waals surface area contributed by atoms with E-state index in [1.54, 1.807) is 6.33 Å². The van der Waals surface area contributed by atoms with Crippen LogP contribution in [0.1, 0.15) is 37.4 Å². The largest absolute Gasteiger partial charge is 0.356 e. The van der Waals surface area contributed by atoms with Gasteiger partial charge in [0.1, 0.15) is 12.1 Å². The topological polar surface area (TPSA) is 72.9 Å². The molecule has 1 aliphatic carbocycles. The van der Waals surface area contributed by atoms with E-state index in [1.165, 1.54) is 11.1 Å². The Balaban J connectivity index is 0.00000204. The third-order valence-corrected chi connectivity index (χ3v) is 7.00. The Kier molecular flexibility index (Phi) is 4.74. The molecule has 0 bridgehead atoms. The molecule has 0 amide bonds. The Labute approximate surface area is 182 Å². The third-order valence-electron chi connectivity index (χ3n) is 7.00. The van der Waals surface area contributed by atoms with Gasteiger partial charge in [0, 0.05) is 19.1 Å². The van der Waals surface area contributed by atoms with E-state index in [0.717, 1.165) is 54.9 Å². The van der Waals surface area contributed by atoms with Crippen LogP contribution in [0.5, 0.6) is 0 Å². The van der Waals surface area contributed by atoms with Crippen LogP contribution in [-0.4, -0.2) is 32.8 Å². The van der Waals surface area contributed by atoms with Gasteiger partial charge < -0.3 is 10.6 Å². The van der Waals surface area contributed by atoms with Gasteiger partial charge in [-0.3, -0.25) is 0 Å². The van der Waals surface area contributed by atoms with Crippen LogP contribution in [-0.2, 0) is 6.42 Å². The van der Waals surface area contributed by atoms with E-state index in [1.807, 2.05) is 41.2 Å². The summed E-state index contributed by atoms with van der Waals surface area (Å²) >= 11 is 0. The van der Waals surface area contributed by atoms with Gasteiger partial charge in [-0.25, -0.2) is 14.6 Å². The number of aromatic nitrogens is 4. The van der Waals surface area contributed by atoms with Crippen molar-refractivity contribution in [1.82, 2.24) is 19.7 Å². The number of nitrogens with zero attached hydrogens (tertiary/aromatic N) is 5. The van der Waals surface area contributed by atoms with Crippen LogP contribution in [0, 0.1) is 5.41 Å². The quantitative estimate of drug-likeness (QED) is 0.532. The molecule has 6 nitrogen and oxygen atoms in total. The molecule has 4 aromatic rings. The van der Waals surface area contributed by atoms with E-state index >= 15 is 0 Å². The molecule has 2 aliphatic rings. The van der Waals surface area contributed by atoms with Crippen molar-refractivity contribution in [2.75, 3.05) is 18.0 Å². The second-order valence-corrected chi connectivity index (χ2v) is 8.53. The maximum absolute atomic E-state index is 6.74. The Hall–Kier alpha value is -3.25. The van der Waals surface area contributed by atoms with Crippen molar-refractivity contribution in [1.29, 1.82) is 0 Å². The number of para-hydroxylation sites is 1. The number of piperidine rings is 1. The molecular formula is C25H28N6. The first-order chi connectivity index (χ1) is 14.8. The molecule has 0 saturated carbocycles. The average Bonchev–Trinajstić information content (AvgIpc) is 3.35. The Bertz CT molecular complexity index is 1210. The van der Waals surface area contributed by atoms with Gasteiger partial charge in [0.2, 0.25) is 0 Å². The van der Waals surface area contributed by atoms with Crippen molar-refractivity contribution >= 4 is 16.9 Å². The molecule has 31 heavy (non-hydrogen) atoms. The lowest BCUT2D eigenvalue weighted by molar-refractivity contribution is 0.187. The van der Waals surface area contributed by atoms with Crippen LogP contribution in [0.15, 0.2) is 67.1 Å². The highest BCUT2D eigenvalue weighted by Gasteiger charge is 2.46. The van der Waals surface area contributed by atoms with Crippen molar-refractivity contribution < 1.29 is 0 Å². The predicted octanol–water partition coefficient (Wildman–Crippen LogP) is 4.29. The van der Waals surface area contributed by atoms with Crippen molar-refractivity contribution in [3.63, 3.8) is 0 Å². The molecule has 1 atom stereocenters. The molecule has 1 saturated heterocycles. The fourth-order valence-corrected chi connectivity index (χ4v) is 5.31. The summed E-state index contributed by atoms with van der Waals surface area (Å²) in [7, 11) is 0. The number of hydrogen-bond donors (Lipinski definition) is 1. The van der Waals surface area contributed by atoms with Gasteiger partial charge in [-0.2, -0.15) is 5.10 Å². The monoisotopic (exact) mass is 412 g/mol. The van der Waals surface area contributed by atoms with E-state index in [-0.39, 0.29) is 18.9 Å². The second-order valence-electron chi connectivity index (χ2n) is 8.53. The summed E-state index contributed by atoms with van der Waals surface area (Å²) in [6.45, 7) is 1.90. The van der Waals surface area contributed by atoms with Crippen LogP contribution < -0.4 is 10.6 Å². The number of rotatable bonds is 2. The lowest BCUT2D eigenvalue weighted by atomic mass is 9.73. The zero-order chi connectivity index (χ0) is 20.1. The van der Waals surface area contributed by atoms with Gasteiger partial charge in [-0.1, -0.05) is 49.9 Å². The van der Waals surface area contributed by atoms with Crippen molar-refractivity contribution in [2.24, 2.45) is 11.1 Å². The number of nitrogens with two attached hydrogens (primary N) is 1. The average molecular weight is 413 g/mol. The van der Waals surface area contributed by atoms with E-state index < -0.39 is 0 Å². The van der Waals surface area contributed by atoms with Crippen LogP contribution in [0.3, 0.4) is 0 Å². The van der Waals surface area contributed by atoms with Crippen LogP contribution >= 0.6 is 0 Å². The van der Waals surface area contributed by atoms with Gasteiger partial charge in [0.15, 0.2) is 5.65 Å². The molecule has 158 valence electrons. The highest BCUT2D eigenvalue weighted by atomic mass is 15.3. The minimum Gasteiger partial charge on any atom is -0.356 e. The summed E-state index contributed by atoms with van der Waals surface area (Å²) in [5.41, 5.74) is 11.5. The SMILES string of the molecule is C.N[C@@H]1c2ccccc2CC12CCN(c1ncnc3c1cnn3-c1ccccc1)CC2. The van der Waals surface area contributed by atoms with Crippen LogP contribution in [0.2, 0.25) is 0 Å². The zero-order valence-corrected chi connectivity index (χ0v) is 16.8. The normalized spacial score (nSPS) is 19.4. The molecule has 1 aliphatic heterocycles. The van der Waals surface area contributed by atoms with Gasteiger partial charge in [0.05, 0.1) is 17.3 Å². The maximum Gasteiger partial charge on any atom is 0.168 e.